The van der Waals surface area contributed by atoms with Crippen molar-refractivity contribution in [1.82, 2.24) is 19.7 Å². The maximum Gasteiger partial charge on any atom is 0.291 e. The minimum absolute atomic E-state index is 0.0846. The Kier molecular flexibility index (Phi) is 4.24. The third kappa shape index (κ3) is 2.68. The first-order valence-corrected chi connectivity index (χ1v) is 8.92. The summed E-state index contributed by atoms with van der Waals surface area (Å²) in [5.74, 6) is -0.123. The van der Waals surface area contributed by atoms with Crippen LogP contribution in [-0.2, 0) is 16.6 Å². The van der Waals surface area contributed by atoms with Gasteiger partial charge in [-0.25, -0.2) is 4.68 Å². The first kappa shape index (κ1) is 16.8. The van der Waals surface area contributed by atoms with Gasteiger partial charge in [-0.2, -0.15) is 5.10 Å². The van der Waals surface area contributed by atoms with E-state index in [0.29, 0.717) is 12.1 Å². The summed E-state index contributed by atoms with van der Waals surface area (Å²) in [5.41, 5.74) is 1.15. The Labute approximate surface area is 150 Å². The lowest BCUT2D eigenvalue weighted by molar-refractivity contribution is -0.124. The van der Waals surface area contributed by atoms with E-state index in [1.807, 2.05) is 35.8 Å². The standard InChI is InChI=1S/C19H22N4O3/c1-12(18(24)20-10-13-6-5-9-26-13)23-16-8-4-3-7-14(16)15-11-21-22(2)19(25)17(15)23/h3-4,7-8,11-13H,5-6,9-10H2,1-2H3,(H,20,24)/t12-,13-/m1/s1. The second-order valence-corrected chi connectivity index (χ2v) is 6.78. The third-order valence-corrected chi connectivity index (χ3v) is 5.10. The van der Waals surface area contributed by atoms with Gasteiger partial charge in [-0.1, -0.05) is 18.2 Å². The zero-order valence-corrected chi connectivity index (χ0v) is 14.9. The first-order chi connectivity index (χ1) is 12.6. The highest BCUT2D eigenvalue weighted by atomic mass is 16.5. The number of fused-ring (bicyclic) bond motifs is 3. The monoisotopic (exact) mass is 354 g/mol. The maximum atomic E-state index is 12.8. The number of aryl methyl sites for hydroxylation is 1. The van der Waals surface area contributed by atoms with Crippen LogP contribution in [0.1, 0.15) is 25.8 Å². The molecule has 1 saturated heterocycles. The van der Waals surface area contributed by atoms with E-state index < -0.39 is 6.04 Å². The van der Waals surface area contributed by atoms with Crippen LogP contribution < -0.4 is 10.9 Å². The van der Waals surface area contributed by atoms with Crippen LogP contribution in [0.5, 0.6) is 0 Å². The molecule has 2 aromatic heterocycles. The Bertz CT molecular complexity index is 1030. The molecule has 7 nitrogen and oxygen atoms in total. The number of aromatic nitrogens is 3. The number of rotatable bonds is 4. The number of para-hydroxylation sites is 1. The van der Waals surface area contributed by atoms with Crippen molar-refractivity contribution in [2.75, 3.05) is 13.2 Å². The molecule has 0 bridgehead atoms. The van der Waals surface area contributed by atoms with E-state index >= 15 is 0 Å². The van der Waals surface area contributed by atoms with Crippen LogP contribution in [0.3, 0.4) is 0 Å². The average molecular weight is 354 g/mol. The van der Waals surface area contributed by atoms with E-state index in [4.69, 9.17) is 4.74 Å². The summed E-state index contributed by atoms with van der Waals surface area (Å²) in [5, 5.41) is 8.79. The van der Waals surface area contributed by atoms with Gasteiger partial charge in [0.15, 0.2) is 0 Å². The molecule has 2 atom stereocenters. The number of hydrogen-bond acceptors (Lipinski definition) is 4. The molecule has 1 N–H and O–H groups in total. The highest BCUT2D eigenvalue weighted by molar-refractivity contribution is 6.08. The molecular formula is C19H22N4O3. The van der Waals surface area contributed by atoms with Crippen LogP contribution in [0, 0.1) is 0 Å². The molecule has 7 heteroatoms. The smallest absolute Gasteiger partial charge is 0.291 e. The van der Waals surface area contributed by atoms with Gasteiger partial charge >= 0.3 is 0 Å². The SMILES string of the molecule is C[C@H](C(=O)NC[C@H]1CCCO1)n1c2ccccc2c2cnn(C)c(=O)c21. The van der Waals surface area contributed by atoms with Gasteiger partial charge in [0.05, 0.1) is 17.8 Å². The number of hydrogen-bond donors (Lipinski definition) is 1. The molecule has 3 heterocycles. The molecule has 1 aliphatic heterocycles. The predicted molar refractivity (Wildman–Crippen MR) is 99.2 cm³/mol. The summed E-state index contributed by atoms with van der Waals surface area (Å²) in [7, 11) is 1.62. The second-order valence-electron chi connectivity index (χ2n) is 6.78. The van der Waals surface area contributed by atoms with Gasteiger partial charge in [-0.05, 0) is 25.8 Å². The van der Waals surface area contributed by atoms with Crippen molar-refractivity contribution in [3.8, 4) is 0 Å². The van der Waals surface area contributed by atoms with Gasteiger partial charge in [0.2, 0.25) is 5.91 Å². The molecule has 0 saturated carbocycles. The number of benzene rings is 1. The highest BCUT2D eigenvalue weighted by Crippen LogP contribution is 2.29. The number of ether oxygens (including phenoxy) is 1. The highest BCUT2D eigenvalue weighted by Gasteiger charge is 2.24. The lowest BCUT2D eigenvalue weighted by atomic mass is 10.2. The molecule has 1 aliphatic rings. The molecule has 4 rings (SSSR count). The average Bonchev–Trinajstić information content (AvgIpc) is 3.28. The van der Waals surface area contributed by atoms with Crippen molar-refractivity contribution in [3.05, 3.63) is 40.8 Å². The third-order valence-electron chi connectivity index (χ3n) is 5.10. The van der Waals surface area contributed by atoms with E-state index in [0.717, 1.165) is 35.7 Å². The van der Waals surface area contributed by atoms with Crippen LogP contribution in [-0.4, -0.2) is 39.5 Å². The second kappa shape index (κ2) is 6.57. The Hall–Kier alpha value is -2.67. The van der Waals surface area contributed by atoms with E-state index in [-0.39, 0.29) is 17.6 Å². The number of carbonyl (C=O) groups excluding carboxylic acids is 1. The molecule has 26 heavy (non-hydrogen) atoms. The normalized spacial score (nSPS) is 18.5. The number of nitrogens with zero attached hydrogens (tertiary/aromatic N) is 3. The molecule has 1 aromatic carbocycles. The maximum absolute atomic E-state index is 12.8. The zero-order chi connectivity index (χ0) is 18.3. The fourth-order valence-electron chi connectivity index (χ4n) is 3.68. The number of carbonyl (C=O) groups is 1. The van der Waals surface area contributed by atoms with Crippen LogP contribution in [0.25, 0.3) is 21.8 Å². The van der Waals surface area contributed by atoms with Crippen molar-refractivity contribution in [2.45, 2.75) is 31.9 Å². The van der Waals surface area contributed by atoms with Crippen molar-refractivity contribution < 1.29 is 9.53 Å². The summed E-state index contributed by atoms with van der Waals surface area (Å²) in [6, 6.07) is 7.19. The van der Waals surface area contributed by atoms with E-state index in [1.54, 1.807) is 13.2 Å². The summed E-state index contributed by atoms with van der Waals surface area (Å²) in [6.45, 7) is 3.07. The molecular weight excluding hydrogens is 332 g/mol. The van der Waals surface area contributed by atoms with Gasteiger partial charge in [0.25, 0.3) is 5.56 Å². The first-order valence-electron chi connectivity index (χ1n) is 8.92. The van der Waals surface area contributed by atoms with Crippen molar-refractivity contribution >= 4 is 27.7 Å². The minimum Gasteiger partial charge on any atom is -0.376 e. The summed E-state index contributed by atoms with van der Waals surface area (Å²) < 4.78 is 8.69. The fraction of sp³-hybridized carbons (Fsp3) is 0.421. The fourth-order valence-corrected chi connectivity index (χ4v) is 3.68. The molecule has 1 fully saturated rings. The summed E-state index contributed by atoms with van der Waals surface area (Å²) >= 11 is 0. The Morgan fingerprint density at radius 1 is 1.38 bits per heavy atom. The topological polar surface area (TPSA) is 78.2 Å². The molecule has 3 aromatic rings. The summed E-state index contributed by atoms with van der Waals surface area (Å²) in [4.78, 5) is 25.5. The molecule has 0 aliphatic carbocycles. The van der Waals surface area contributed by atoms with Crippen molar-refractivity contribution in [1.29, 1.82) is 0 Å². The lowest BCUT2D eigenvalue weighted by Gasteiger charge is -2.18. The molecule has 136 valence electrons. The number of amides is 1. The van der Waals surface area contributed by atoms with E-state index in [9.17, 15) is 9.59 Å². The van der Waals surface area contributed by atoms with Crippen LogP contribution >= 0.6 is 0 Å². The molecule has 0 unspecified atom stereocenters. The van der Waals surface area contributed by atoms with Gasteiger partial charge in [-0.15, -0.1) is 0 Å². The molecule has 0 spiro atoms. The van der Waals surface area contributed by atoms with E-state index in [2.05, 4.69) is 10.4 Å². The minimum atomic E-state index is -0.520. The summed E-state index contributed by atoms with van der Waals surface area (Å²) in [6.07, 6.45) is 3.77. The Balaban J connectivity index is 1.77. The van der Waals surface area contributed by atoms with Crippen LogP contribution in [0.4, 0.5) is 0 Å². The zero-order valence-electron chi connectivity index (χ0n) is 14.9. The van der Waals surface area contributed by atoms with Crippen LogP contribution in [0.15, 0.2) is 35.3 Å². The van der Waals surface area contributed by atoms with Gasteiger partial charge in [0, 0.05) is 31.0 Å². The molecule has 1 amide bonds. The number of nitrogens with one attached hydrogen (secondary N) is 1. The Morgan fingerprint density at radius 2 is 2.19 bits per heavy atom. The predicted octanol–water partition coefficient (Wildman–Crippen LogP) is 1.74. The largest absolute Gasteiger partial charge is 0.376 e. The van der Waals surface area contributed by atoms with Crippen molar-refractivity contribution in [2.24, 2.45) is 7.05 Å². The van der Waals surface area contributed by atoms with Gasteiger partial charge < -0.3 is 14.6 Å². The van der Waals surface area contributed by atoms with Gasteiger partial charge in [0.1, 0.15) is 11.6 Å². The van der Waals surface area contributed by atoms with Crippen molar-refractivity contribution in [3.63, 3.8) is 0 Å². The van der Waals surface area contributed by atoms with Crippen LogP contribution in [0.2, 0.25) is 0 Å². The lowest BCUT2D eigenvalue weighted by Crippen LogP contribution is -2.36. The van der Waals surface area contributed by atoms with E-state index in [1.165, 1.54) is 4.68 Å². The van der Waals surface area contributed by atoms with Gasteiger partial charge in [-0.3, -0.25) is 9.59 Å². The quantitative estimate of drug-likeness (QED) is 0.774. The Morgan fingerprint density at radius 3 is 2.96 bits per heavy atom. The molecule has 0 radical (unpaired) electrons.